The molecular weight excluding hydrogens is 1550 g/mol. The molecule has 0 radical (unpaired) electrons. The van der Waals surface area contributed by atoms with Gasteiger partial charge in [-0.1, -0.05) is 355 Å². The summed E-state index contributed by atoms with van der Waals surface area (Å²) in [6.07, 6.45) is 29.1. The second-order valence-electron chi connectivity index (χ2n) is 34.9. The highest BCUT2D eigenvalue weighted by Gasteiger charge is 2.60. The van der Waals surface area contributed by atoms with E-state index in [1.165, 1.54) is 180 Å². The van der Waals surface area contributed by atoms with Crippen molar-refractivity contribution in [1.82, 2.24) is 0 Å². The summed E-state index contributed by atoms with van der Waals surface area (Å²) in [4.78, 5) is 66.6. The molecule has 2 heterocycles. The van der Waals surface area contributed by atoms with Crippen molar-refractivity contribution >= 4 is 31.7 Å². The molecule has 0 bridgehead atoms. The minimum atomic E-state index is -5.81. The van der Waals surface area contributed by atoms with E-state index in [2.05, 4.69) is 46.8 Å². The van der Waals surface area contributed by atoms with Gasteiger partial charge in [0, 0.05) is 25.7 Å². The lowest BCUT2D eigenvalue weighted by molar-refractivity contribution is -0.360. The Labute approximate surface area is 718 Å². The maximum absolute atomic E-state index is 14.9. The number of unbranched alkanes of at least 4 members (excludes halogenated alkanes) is 48. The molecule has 0 aromatic heterocycles. The maximum atomic E-state index is 14.9. The molecule has 10 N–H and O–H groups in total. The second-order valence-corrected chi connectivity index (χ2v) is 36.3. The third-order valence-electron chi connectivity index (χ3n) is 23.9. The minimum absolute atomic E-state index is 0.0186. The van der Waals surface area contributed by atoms with Gasteiger partial charge in [-0.15, -0.1) is 0 Å². The zero-order valence-electron chi connectivity index (χ0n) is 74.8. The van der Waals surface area contributed by atoms with Crippen LogP contribution in [0.2, 0.25) is 0 Å². The first-order chi connectivity index (χ1) is 57.6. The molecule has 26 heteroatoms. The van der Waals surface area contributed by atoms with Crippen molar-refractivity contribution in [3.63, 3.8) is 0 Å². The number of phosphoric acid groups is 1. The van der Waals surface area contributed by atoms with Gasteiger partial charge >= 0.3 is 31.7 Å². The molecule has 0 aromatic carbocycles. The van der Waals surface area contributed by atoms with Gasteiger partial charge in [-0.25, -0.2) is 4.57 Å². The zero-order chi connectivity index (χ0) is 86.9. The predicted molar refractivity (Wildman–Crippen MR) is 463 cm³/mol. The fourth-order valence-corrected chi connectivity index (χ4v) is 17.1. The number of rotatable bonds is 78. The summed E-state index contributed by atoms with van der Waals surface area (Å²) in [5, 5.41) is 102. The van der Waals surface area contributed by atoms with E-state index < -0.39 is 162 Å². The molecule has 119 heavy (non-hydrogen) atoms. The lowest BCUT2D eigenvalue weighted by Gasteiger charge is -2.50. The van der Waals surface area contributed by atoms with Crippen LogP contribution < -0.4 is 0 Å². The van der Waals surface area contributed by atoms with Gasteiger partial charge in [-0.2, -0.15) is 0 Å². The summed E-state index contributed by atoms with van der Waals surface area (Å²) >= 11 is 0. The Morgan fingerprint density at radius 2 is 0.681 bits per heavy atom. The van der Waals surface area contributed by atoms with Gasteiger partial charge in [0.1, 0.15) is 92.6 Å². The monoisotopic (exact) mass is 1720 g/mol. The van der Waals surface area contributed by atoms with E-state index in [0.29, 0.717) is 38.0 Å². The topological polar surface area (TPSA) is 380 Å². The number of phosphoric ester groups is 1. The van der Waals surface area contributed by atoms with Crippen LogP contribution in [0.15, 0.2) is 12.2 Å². The highest BCUT2D eigenvalue weighted by Crippen LogP contribution is 2.49. The van der Waals surface area contributed by atoms with Crippen molar-refractivity contribution in [3.05, 3.63) is 12.2 Å². The van der Waals surface area contributed by atoms with E-state index in [1.807, 2.05) is 0 Å². The molecule has 19 unspecified atom stereocenters. The van der Waals surface area contributed by atoms with E-state index in [9.17, 15) is 74.6 Å². The highest BCUT2D eigenvalue weighted by atomic mass is 31.2. The van der Waals surface area contributed by atoms with Crippen LogP contribution in [0.25, 0.3) is 0 Å². The third-order valence-corrected chi connectivity index (χ3v) is 24.9. The molecular formula is C93H173O25P. The van der Waals surface area contributed by atoms with Crippen molar-refractivity contribution in [2.24, 2.45) is 5.92 Å². The quantitative estimate of drug-likeness (QED) is 0.00889. The first kappa shape index (κ1) is 110. The normalized spacial score (nSPS) is 25.1. The SMILES string of the molecule is CCCCCC/C=C\CCCCCCCCCC(=O)OCC(COP(=O)(O)OC1C(OC2OC(CO)C(O)C(O)C2O)C(O)C(O)C(OC(=O)CCCCCCCCC(C)CCCCCCCC)C1OC1OC(COC(=O)CCCCCCCCCCCCCCCCCC)C(O)C(O)C1O)OC(=O)CCCCCCCCCCCCCCC. The molecule has 2 aliphatic heterocycles. The number of aliphatic hydroxyl groups excluding tert-OH is 9. The molecule has 1 saturated carbocycles. The summed E-state index contributed by atoms with van der Waals surface area (Å²) in [5.74, 6) is -2.33. The summed E-state index contributed by atoms with van der Waals surface area (Å²) < 4.78 is 73.6. The Morgan fingerprint density at radius 3 is 1.09 bits per heavy atom. The third kappa shape index (κ3) is 51.6. The molecule has 3 fully saturated rings. The molecule has 3 aliphatic rings. The van der Waals surface area contributed by atoms with Gasteiger partial charge < -0.3 is 88.7 Å². The molecule has 25 nitrogen and oxygen atoms in total. The van der Waals surface area contributed by atoms with E-state index in [0.717, 1.165) is 148 Å². The van der Waals surface area contributed by atoms with E-state index >= 15 is 0 Å². The first-order valence-electron chi connectivity index (χ1n) is 48.3. The number of aliphatic hydroxyl groups is 9. The Balaban J connectivity index is 1.91. The fraction of sp³-hybridized carbons (Fsp3) is 0.935. The van der Waals surface area contributed by atoms with E-state index in [-0.39, 0.29) is 25.7 Å². The van der Waals surface area contributed by atoms with Gasteiger partial charge in [0.15, 0.2) is 24.8 Å². The van der Waals surface area contributed by atoms with Crippen molar-refractivity contribution in [2.75, 3.05) is 26.4 Å². The van der Waals surface area contributed by atoms with Gasteiger partial charge in [-0.05, 0) is 57.3 Å². The van der Waals surface area contributed by atoms with Crippen LogP contribution >= 0.6 is 7.82 Å². The number of carbonyl (C=O) groups is 4. The lowest BCUT2D eigenvalue weighted by Crippen LogP contribution is -2.70. The van der Waals surface area contributed by atoms with Crippen LogP contribution in [0.3, 0.4) is 0 Å². The summed E-state index contributed by atoms with van der Waals surface area (Å²) in [7, 11) is -5.81. The standard InChI is InChI=1S/C93H173O25P/c1-6-10-14-18-22-25-28-31-33-35-38-40-43-46-53-59-65-77(96)110-71-75-81(100)83(102)87(106)93(114-75)117-90-88(115-79(98)67-61-55-49-48-51-57-63-72(5)62-56-50-21-17-13-9-4)84(103)85(104)89(116-92-86(105)82(101)80(99)74(68-94)113-92)91(90)118-119(107,108)111-70-73(112-78(97)66-60-54-47-44-41-36-30-27-24-20-16-12-8-3)69-109-76(95)64-58-52-45-42-39-37-34-32-29-26-23-19-15-11-7-2/h26,29,72-75,80-94,99-106H,6-25,27-28,30-71H2,1-5H3,(H,107,108)/b29-26-. The minimum Gasteiger partial charge on any atom is -0.463 e. The van der Waals surface area contributed by atoms with E-state index in [4.69, 9.17) is 46.9 Å². The molecule has 0 amide bonds. The van der Waals surface area contributed by atoms with Crippen LogP contribution in [-0.2, 0) is 70.7 Å². The van der Waals surface area contributed by atoms with Gasteiger partial charge in [0.05, 0.1) is 13.2 Å². The number of carbonyl (C=O) groups excluding carboxylic acids is 4. The molecule has 2 saturated heterocycles. The molecule has 700 valence electrons. The second kappa shape index (κ2) is 71.3. The number of esters is 4. The van der Waals surface area contributed by atoms with Crippen LogP contribution in [-0.4, -0.2) is 205 Å². The number of ether oxygens (including phenoxy) is 8. The average molecular weight is 1720 g/mol. The molecule has 1 aliphatic carbocycles. The van der Waals surface area contributed by atoms with Crippen molar-refractivity contribution in [3.8, 4) is 0 Å². The fourth-order valence-electron chi connectivity index (χ4n) is 16.1. The Kier molecular flexibility index (Phi) is 66.1. The predicted octanol–water partition coefficient (Wildman–Crippen LogP) is 18.2. The molecule has 0 aromatic rings. The summed E-state index contributed by atoms with van der Waals surface area (Å²) in [6, 6.07) is 0. The molecule has 3 rings (SSSR count). The van der Waals surface area contributed by atoms with E-state index in [1.54, 1.807) is 0 Å². The average Bonchev–Trinajstić information content (AvgIpc) is 0.752. The summed E-state index contributed by atoms with van der Waals surface area (Å²) in [5.41, 5.74) is 0. The lowest BCUT2D eigenvalue weighted by atomic mass is 9.84. The van der Waals surface area contributed by atoms with Gasteiger partial charge in [0.25, 0.3) is 0 Å². The number of hydrogen-bond acceptors (Lipinski definition) is 24. The Morgan fingerprint density at radius 1 is 0.353 bits per heavy atom. The van der Waals surface area contributed by atoms with Crippen LogP contribution in [0.5, 0.6) is 0 Å². The number of allylic oxidation sites excluding steroid dienone is 2. The Hall–Kier alpha value is -2.79. The highest BCUT2D eigenvalue weighted by molar-refractivity contribution is 7.47. The Bertz CT molecular complexity index is 2530. The van der Waals surface area contributed by atoms with Crippen molar-refractivity contribution in [2.45, 2.75) is 524 Å². The van der Waals surface area contributed by atoms with Crippen LogP contribution in [0, 0.1) is 5.92 Å². The maximum Gasteiger partial charge on any atom is 0.472 e. The largest absolute Gasteiger partial charge is 0.472 e. The van der Waals surface area contributed by atoms with Crippen LogP contribution in [0.4, 0.5) is 0 Å². The smallest absolute Gasteiger partial charge is 0.463 e. The van der Waals surface area contributed by atoms with Crippen molar-refractivity contribution in [1.29, 1.82) is 0 Å². The number of hydrogen-bond donors (Lipinski definition) is 10. The first-order valence-corrected chi connectivity index (χ1v) is 49.8. The molecule has 19 atom stereocenters. The zero-order valence-corrected chi connectivity index (χ0v) is 75.7. The summed E-state index contributed by atoms with van der Waals surface area (Å²) in [6.45, 7) is 7.91. The van der Waals surface area contributed by atoms with Gasteiger partial charge in [0.2, 0.25) is 0 Å². The van der Waals surface area contributed by atoms with Gasteiger partial charge in [-0.3, -0.25) is 28.2 Å². The van der Waals surface area contributed by atoms with Crippen molar-refractivity contribution < 1.29 is 122 Å². The van der Waals surface area contributed by atoms with Crippen LogP contribution in [0.1, 0.15) is 420 Å². The molecule has 0 spiro atoms.